The number of hydrogen-bond donors (Lipinski definition) is 0. The van der Waals surface area contributed by atoms with Crippen molar-refractivity contribution in [1.29, 1.82) is 0 Å². The lowest BCUT2D eigenvalue weighted by molar-refractivity contribution is 0.166. The number of aryl methyl sites for hydroxylation is 1. The fourth-order valence-electron chi connectivity index (χ4n) is 4.61. The highest BCUT2D eigenvalue weighted by Gasteiger charge is 2.44. The topological polar surface area (TPSA) is 3.24 Å². The maximum atomic E-state index is 2.69. The zero-order chi connectivity index (χ0) is 14.7. The summed E-state index contributed by atoms with van der Waals surface area (Å²) < 4.78 is 0. The predicted molar refractivity (Wildman–Crippen MR) is 88.7 cm³/mol. The van der Waals surface area contributed by atoms with Gasteiger partial charge in [-0.05, 0) is 91.6 Å². The molecule has 2 aliphatic carbocycles. The van der Waals surface area contributed by atoms with Gasteiger partial charge in [-0.1, -0.05) is 26.0 Å². The number of piperidine rings is 1. The van der Waals surface area contributed by atoms with E-state index in [4.69, 9.17) is 0 Å². The minimum absolute atomic E-state index is 0.385. The fraction of sp³-hybridized carbons (Fsp3) is 0.700. The first kappa shape index (κ1) is 13.8. The predicted octanol–water partition coefficient (Wildman–Crippen LogP) is 4.59. The average molecular weight is 283 g/mol. The Kier molecular flexibility index (Phi) is 3.02. The molecule has 4 rings (SSSR count). The van der Waals surface area contributed by atoms with Gasteiger partial charge in [-0.25, -0.2) is 0 Å². The van der Waals surface area contributed by atoms with E-state index < -0.39 is 0 Å². The van der Waals surface area contributed by atoms with E-state index in [2.05, 4.69) is 37.8 Å². The Hall–Kier alpha value is -0.820. The summed E-state index contributed by atoms with van der Waals surface area (Å²) >= 11 is 0. The molecule has 0 amide bonds. The van der Waals surface area contributed by atoms with Gasteiger partial charge in [0.1, 0.15) is 0 Å². The van der Waals surface area contributed by atoms with Crippen molar-refractivity contribution in [3.63, 3.8) is 0 Å². The Morgan fingerprint density at radius 1 is 1.00 bits per heavy atom. The second kappa shape index (κ2) is 4.59. The van der Waals surface area contributed by atoms with Crippen LogP contribution in [0.5, 0.6) is 0 Å². The molecule has 1 aromatic rings. The third-order valence-corrected chi connectivity index (χ3v) is 6.54. The average Bonchev–Trinajstić information content (AvgIpc) is 3.12. The first-order valence-electron chi connectivity index (χ1n) is 8.83. The molecule has 0 N–H and O–H groups in total. The lowest BCUT2D eigenvalue weighted by Gasteiger charge is -2.32. The van der Waals surface area contributed by atoms with Crippen LogP contribution in [0.1, 0.15) is 68.2 Å². The van der Waals surface area contributed by atoms with Crippen molar-refractivity contribution >= 4 is 0 Å². The largest absolute Gasteiger partial charge is 0.299 e. The first-order chi connectivity index (χ1) is 9.97. The fourth-order valence-corrected chi connectivity index (χ4v) is 4.61. The van der Waals surface area contributed by atoms with E-state index in [1.807, 2.05) is 0 Å². The second-order valence-electron chi connectivity index (χ2n) is 8.60. The molecular weight excluding hydrogens is 254 g/mol. The summed E-state index contributed by atoms with van der Waals surface area (Å²) in [5.41, 5.74) is 7.53. The molecule has 0 bridgehead atoms. The Labute approximate surface area is 129 Å². The van der Waals surface area contributed by atoms with Crippen molar-refractivity contribution < 1.29 is 0 Å². The summed E-state index contributed by atoms with van der Waals surface area (Å²) in [7, 11) is 0. The van der Waals surface area contributed by atoms with Crippen molar-refractivity contribution in [2.75, 3.05) is 13.1 Å². The lowest BCUT2D eigenvalue weighted by Crippen LogP contribution is -2.34. The quantitative estimate of drug-likeness (QED) is 0.767. The summed E-state index contributed by atoms with van der Waals surface area (Å²) in [4.78, 5) is 2.69. The molecule has 1 aromatic carbocycles. The van der Waals surface area contributed by atoms with Crippen molar-refractivity contribution in [3.8, 4) is 0 Å². The molecule has 1 heterocycles. The number of nitrogens with zero attached hydrogens (tertiary/aromatic N) is 1. The molecule has 3 aliphatic rings. The molecule has 2 fully saturated rings. The van der Waals surface area contributed by atoms with Crippen molar-refractivity contribution in [2.24, 2.45) is 5.41 Å². The zero-order valence-corrected chi connectivity index (χ0v) is 14.0. The normalized spacial score (nSPS) is 26.0. The van der Waals surface area contributed by atoms with Crippen LogP contribution >= 0.6 is 0 Å². The molecule has 1 heteroatoms. The van der Waals surface area contributed by atoms with Crippen LogP contribution in [0, 0.1) is 12.3 Å². The summed E-state index contributed by atoms with van der Waals surface area (Å²) in [5, 5.41) is 0. The Bertz CT molecular complexity index is 555. The molecular formula is C20H29N. The van der Waals surface area contributed by atoms with E-state index in [-0.39, 0.29) is 0 Å². The van der Waals surface area contributed by atoms with Gasteiger partial charge in [-0.15, -0.1) is 0 Å². The van der Waals surface area contributed by atoms with Gasteiger partial charge in [0.25, 0.3) is 0 Å². The van der Waals surface area contributed by atoms with E-state index in [9.17, 15) is 0 Å². The molecule has 0 unspecified atom stereocenters. The highest BCUT2D eigenvalue weighted by Crippen LogP contribution is 2.53. The summed E-state index contributed by atoms with van der Waals surface area (Å²) in [5.74, 6) is 0. The summed E-state index contributed by atoms with van der Waals surface area (Å²) in [6.45, 7) is 11.0. The SMILES string of the molecule is Cc1cc(CN2CCC3(CC2)CC3)cc2c1CCC2(C)C. The van der Waals surface area contributed by atoms with Gasteiger partial charge in [0.05, 0.1) is 0 Å². The van der Waals surface area contributed by atoms with Crippen LogP contribution in [0.25, 0.3) is 0 Å². The molecule has 1 nitrogen and oxygen atoms in total. The van der Waals surface area contributed by atoms with E-state index in [0.29, 0.717) is 5.41 Å². The van der Waals surface area contributed by atoms with Gasteiger partial charge in [-0.3, -0.25) is 4.90 Å². The number of likely N-dealkylation sites (tertiary alicyclic amines) is 1. The van der Waals surface area contributed by atoms with Gasteiger partial charge >= 0.3 is 0 Å². The minimum Gasteiger partial charge on any atom is -0.299 e. The first-order valence-corrected chi connectivity index (χ1v) is 8.83. The van der Waals surface area contributed by atoms with Crippen molar-refractivity contribution in [3.05, 3.63) is 34.4 Å². The molecule has 114 valence electrons. The molecule has 1 saturated heterocycles. The Morgan fingerprint density at radius 3 is 2.38 bits per heavy atom. The highest BCUT2D eigenvalue weighted by atomic mass is 15.1. The molecule has 0 radical (unpaired) electrons. The van der Waals surface area contributed by atoms with Crippen LogP contribution in [-0.4, -0.2) is 18.0 Å². The smallest absolute Gasteiger partial charge is 0.0233 e. The van der Waals surface area contributed by atoms with Gasteiger partial charge in [0, 0.05) is 6.54 Å². The maximum Gasteiger partial charge on any atom is 0.0233 e. The van der Waals surface area contributed by atoms with Crippen LogP contribution in [0.3, 0.4) is 0 Å². The van der Waals surface area contributed by atoms with Gasteiger partial charge < -0.3 is 0 Å². The third kappa shape index (κ3) is 2.44. The number of hydrogen-bond acceptors (Lipinski definition) is 1. The lowest BCUT2D eigenvalue weighted by atomic mass is 9.85. The molecule has 0 atom stereocenters. The maximum absolute atomic E-state index is 2.69. The number of fused-ring (bicyclic) bond motifs is 1. The molecule has 1 saturated carbocycles. The Morgan fingerprint density at radius 2 is 1.71 bits per heavy atom. The minimum atomic E-state index is 0.385. The molecule has 0 aromatic heterocycles. The highest BCUT2D eigenvalue weighted by molar-refractivity contribution is 5.46. The Balaban J connectivity index is 1.52. The second-order valence-corrected chi connectivity index (χ2v) is 8.60. The zero-order valence-electron chi connectivity index (χ0n) is 14.0. The molecule has 1 aliphatic heterocycles. The standard InChI is InChI=1S/C20H29N/c1-15-12-16(13-18-17(15)4-5-19(18,2)3)14-21-10-8-20(6-7-20)9-11-21/h12-13H,4-11,14H2,1-3H3. The number of benzene rings is 1. The van der Waals surface area contributed by atoms with Crippen molar-refractivity contribution in [2.45, 2.75) is 71.3 Å². The third-order valence-electron chi connectivity index (χ3n) is 6.54. The van der Waals surface area contributed by atoms with E-state index in [1.54, 1.807) is 16.7 Å². The van der Waals surface area contributed by atoms with Gasteiger partial charge in [-0.2, -0.15) is 0 Å². The van der Waals surface area contributed by atoms with Crippen LogP contribution in [0.2, 0.25) is 0 Å². The van der Waals surface area contributed by atoms with Crippen LogP contribution in [0.15, 0.2) is 12.1 Å². The monoisotopic (exact) mass is 283 g/mol. The van der Waals surface area contributed by atoms with E-state index >= 15 is 0 Å². The molecule has 21 heavy (non-hydrogen) atoms. The van der Waals surface area contributed by atoms with E-state index in [1.165, 1.54) is 63.7 Å². The van der Waals surface area contributed by atoms with Crippen LogP contribution in [0.4, 0.5) is 0 Å². The van der Waals surface area contributed by atoms with Crippen molar-refractivity contribution in [1.82, 2.24) is 4.90 Å². The molecule has 1 spiro atoms. The van der Waals surface area contributed by atoms with E-state index in [0.717, 1.165) is 5.41 Å². The van der Waals surface area contributed by atoms with Crippen LogP contribution < -0.4 is 0 Å². The van der Waals surface area contributed by atoms with Gasteiger partial charge in [0.2, 0.25) is 0 Å². The summed E-state index contributed by atoms with van der Waals surface area (Å²) in [6.07, 6.45) is 8.50. The summed E-state index contributed by atoms with van der Waals surface area (Å²) in [6, 6.07) is 4.98. The van der Waals surface area contributed by atoms with Crippen LogP contribution in [-0.2, 0) is 18.4 Å². The number of rotatable bonds is 2. The van der Waals surface area contributed by atoms with Gasteiger partial charge in [0.15, 0.2) is 0 Å².